The molecule has 0 aliphatic carbocycles. The van der Waals surface area contributed by atoms with Crippen LogP contribution in [-0.4, -0.2) is 41.9 Å². The van der Waals surface area contributed by atoms with Crippen LogP contribution in [0.3, 0.4) is 0 Å². The maximum Gasteiger partial charge on any atom is 0.439 e. The molecular formula is C21H24N4O5S. The number of aromatic nitrogens is 2. The highest BCUT2D eigenvalue weighted by Crippen LogP contribution is 2.19. The molecule has 0 bridgehead atoms. The predicted octanol–water partition coefficient (Wildman–Crippen LogP) is 2.63. The maximum absolute atomic E-state index is 12.5. The number of carbonyl (C=O) groups is 1. The fourth-order valence-corrected chi connectivity index (χ4v) is 4.58. The topological polar surface area (TPSA) is 125 Å². The molecule has 164 valence electrons. The van der Waals surface area contributed by atoms with Crippen LogP contribution in [0, 0.1) is 0 Å². The van der Waals surface area contributed by atoms with Crippen LogP contribution in [0.1, 0.15) is 25.8 Å². The van der Waals surface area contributed by atoms with Gasteiger partial charge in [-0.15, -0.1) is 0 Å². The molecule has 1 heterocycles. The monoisotopic (exact) mass is 444 g/mol. The molecule has 1 amide bonds. The smallest absolute Gasteiger partial charge is 0.326 e. The third kappa shape index (κ3) is 5.47. The minimum atomic E-state index is -3.50. The zero-order valence-electron chi connectivity index (χ0n) is 17.3. The molecule has 3 aromatic rings. The zero-order chi connectivity index (χ0) is 22.4. The van der Waals surface area contributed by atoms with Gasteiger partial charge >= 0.3 is 5.76 Å². The van der Waals surface area contributed by atoms with Crippen molar-refractivity contribution in [2.45, 2.75) is 31.6 Å². The summed E-state index contributed by atoms with van der Waals surface area (Å²) in [5.41, 5.74) is 2.03. The van der Waals surface area contributed by atoms with E-state index in [9.17, 15) is 18.0 Å². The van der Waals surface area contributed by atoms with Gasteiger partial charge in [-0.1, -0.05) is 43.3 Å². The number of hydrogen-bond donors (Lipinski definition) is 2. The molecule has 0 unspecified atom stereocenters. The average Bonchev–Trinajstić information content (AvgIpc) is 3.20. The van der Waals surface area contributed by atoms with Gasteiger partial charge in [0.1, 0.15) is 0 Å². The summed E-state index contributed by atoms with van der Waals surface area (Å²) in [7, 11) is -3.50. The number of nitrogens with zero attached hydrogens (tertiary/aromatic N) is 2. The molecule has 9 nitrogen and oxygen atoms in total. The number of benzene rings is 2. The number of carbonyl (C=O) groups excluding carboxylic acids is 1. The fraction of sp³-hybridized carbons (Fsp3) is 0.286. The molecule has 10 heteroatoms. The molecule has 0 saturated heterocycles. The minimum absolute atomic E-state index is 0.189. The first-order valence-corrected chi connectivity index (χ1v) is 11.3. The summed E-state index contributed by atoms with van der Waals surface area (Å²) in [6, 6.07) is 13.5. The van der Waals surface area contributed by atoms with Gasteiger partial charge in [-0.2, -0.15) is 4.31 Å². The van der Waals surface area contributed by atoms with Gasteiger partial charge in [0.2, 0.25) is 15.9 Å². The Morgan fingerprint density at radius 1 is 1.13 bits per heavy atom. The second-order valence-electron chi connectivity index (χ2n) is 6.81. The number of aromatic amines is 1. The number of hydrogen-bond acceptors (Lipinski definition) is 6. The zero-order valence-corrected chi connectivity index (χ0v) is 18.1. The van der Waals surface area contributed by atoms with Crippen molar-refractivity contribution in [1.29, 1.82) is 0 Å². The lowest BCUT2D eigenvalue weighted by Crippen LogP contribution is -2.30. The van der Waals surface area contributed by atoms with Gasteiger partial charge in [0.15, 0.2) is 5.82 Å². The van der Waals surface area contributed by atoms with E-state index >= 15 is 0 Å². The summed E-state index contributed by atoms with van der Waals surface area (Å²) in [5, 5.41) is 6.43. The molecule has 1 aromatic heterocycles. The lowest BCUT2D eigenvalue weighted by Gasteiger charge is -2.18. The first kappa shape index (κ1) is 22.4. The number of amides is 1. The quantitative estimate of drug-likeness (QED) is 0.523. The first-order valence-electron chi connectivity index (χ1n) is 9.89. The van der Waals surface area contributed by atoms with E-state index < -0.39 is 15.8 Å². The largest absolute Gasteiger partial charge is 0.439 e. The second kappa shape index (κ2) is 9.71. The van der Waals surface area contributed by atoms with Crippen molar-refractivity contribution < 1.29 is 17.7 Å². The van der Waals surface area contributed by atoms with E-state index in [4.69, 9.17) is 0 Å². The third-order valence-electron chi connectivity index (χ3n) is 4.77. The molecule has 3 rings (SSSR count). The third-order valence-corrected chi connectivity index (χ3v) is 6.83. The van der Waals surface area contributed by atoms with Crippen molar-refractivity contribution in [3.63, 3.8) is 0 Å². The summed E-state index contributed by atoms with van der Waals surface area (Å²) in [6.07, 6.45) is 0.695. The number of anilines is 1. The van der Waals surface area contributed by atoms with Crippen LogP contribution in [0.5, 0.6) is 0 Å². The summed E-state index contributed by atoms with van der Waals surface area (Å²) in [5.74, 6) is -0.563. The number of sulfonamides is 1. The van der Waals surface area contributed by atoms with Crippen LogP contribution < -0.4 is 11.1 Å². The molecular weight excluding hydrogens is 420 g/mol. The van der Waals surface area contributed by atoms with E-state index in [0.29, 0.717) is 30.8 Å². The number of aryl methyl sites for hydroxylation is 1. The Kier molecular flexibility index (Phi) is 7.03. The minimum Gasteiger partial charge on any atom is -0.326 e. The van der Waals surface area contributed by atoms with Gasteiger partial charge in [0.05, 0.1) is 4.90 Å². The standard InChI is InChI=1S/C21H24N4O5S/c1-3-25(4-2)31(28,29)18-11-8-15(9-12-18)10-13-19(26)22-17-7-5-6-16(14-17)20-23-21(27)30-24-20/h5-9,11-12,14H,3-4,10,13H2,1-2H3,(H,22,26)(H,23,24,27). The van der Waals surface area contributed by atoms with Gasteiger partial charge in [-0.05, 0) is 36.2 Å². The Labute approximate surface area is 180 Å². The first-order chi connectivity index (χ1) is 14.8. The second-order valence-corrected chi connectivity index (χ2v) is 8.74. The number of rotatable bonds is 9. The summed E-state index contributed by atoms with van der Waals surface area (Å²) < 4.78 is 31.0. The average molecular weight is 445 g/mol. The van der Waals surface area contributed by atoms with Crippen LogP contribution in [0.4, 0.5) is 5.69 Å². The molecule has 0 spiro atoms. The van der Waals surface area contributed by atoms with Gasteiger partial charge in [0.25, 0.3) is 0 Å². The van der Waals surface area contributed by atoms with E-state index in [2.05, 4.69) is 20.0 Å². The highest BCUT2D eigenvalue weighted by molar-refractivity contribution is 7.89. The number of nitrogens with one attached hydrogen (secondary N) is 2. The van der Waals surface area contributed by atoms with E-state index in [1.165, 1.54) is 4.31 Å². The van der Waals surface area contributed by atoms with Crippen LogP contribution in [0.15, 0.2) is 62.7 Å². The van der Waals surface area contributed by atoms with Crippen molar-refractivity contribution in [3.05, 3.63) is 64.6 Å². The normalized spacial score (nSPS) is 11.6. The molecule has 0 saturated carbocycles. The van der Waals surface area contributed by atoms with Crippen molar-refractivity contribution in [1.82, 2.24) is 14.4 Å². The Hall–Kier alpha value is -3.24. The Balaban J connectivity index is 1.59. The van der Waals surface area contributed by atoms with Gasteiger partial charge < -0.3 is 5.32 Å². The highest BCUT2D eigenvalue weighted by Gasteiger charge is 2.21. The van der Waals surface area contributed by atoms with Gasteiger partial charge in [-0.3, -0.25) is 14.3 Å². The highest BCUT2D eigenvalue weighted by atomic mass is 32.2. The molecule has 31 heavy (non-hydrogen) atoms. The van der Waals surface area contributed by atoms with Gasteiger partial charge in [-0.25, -0.2) is 13.2 Å². The molecule has 2 N–H and O–H groups in total. The Morgan fingerprint density at radius 2 is 1.84 bits per heavy atom. The van der Waals surface area contributed by atoms with Crippen molar-refractivity contribution in [2.24, 2.45) is 0 Å². The van der Waals surface area contributed by atoms with Gasteiger partial charge in [0, 0.05) is 30.8 Å². The van der Waals surface area contributed by atoms with Crippen LogP contribution in [0.25, 0.3) is 11.4 Å². The van der Waals surface area contributed by atoms with E-state index in [1.54, 1.807) is 62.4 Å². The van der Waals surface area contributed by atoms with E-state index in [-0.39, 0.29) is 23.0 Å². The summed E-state index contributed by atoms with van der Waals surface area (Å²) >= 11 is 0. The summed E-state index contributed by atoms with van der Waals surface area (Å²) in [4.78, 5) is 26.1. The molecule has 0 atom stereocenters. The Bertz CT molecular complexity index is 1190. The van der Waals surface area contributed by atoms with Crippen LogP contribution >= 0.6 is 0 Å². The molecule has 0 radical (unpaired) electrons. The summed E-state index contributed by atoms with van der Waals surface area (Å²) in [6.45, 7) is 4.42. The maximum atomic E-state index is 12.5. The molecule has 0 fully saturated rings. The Morgan fingerprint density at radius 3 is 2.45 bits per heavy atom. The lowest BCUT2D eigenvalue weighted by molar-refractivity contribution is -0.116. The lowest BCUT2D eigenvalue weighted by atomic mass is 10.1. The molecule has 0 aliphatic heterocycles. The van der Waals surface area contributed by atoms with Crippen LogP contribution in [0.2, 0.25) is 0 Å². The van der Waals surface area contributed by atoms with E-state index in [0.717, 1.165) is 5.56 Å². The van der Waals surface area contributed by atoms with Crippen molar-refractivity contribution in [3.8, 4) is 11.4 Å². The molecule has 2 aromatic carbocycles. The predicted molar refractivity (Wildman–Crippen MR) is 116 cm³/mol. The van der Waals surface area contributed by atoms with Crippen molar-refractivity contribution in [2.75, 3.05) is 18.4 Å². The van der Waals surface area contributed by atoms with E-state index in [1.807, 2.05) is 0 Å². The SMILES string of the molecule is CCN(CC)S(=O)(=O)c1ccc(CCC(=O)Nc2cccc(-c3noc(=O)[nH]3)c2)cc1. The number of H-pyrrole nitrogens is 1. The van der Waals surface area contributed by atoms with Crippen molar-refractivity contribution >= 4 is 21.6 Å². The molecule has 0 aliphatic rings. The fourth-order valence-electron chi connectivity index (χ4n) is 3.12. The van der Waals surface area contributed by atoms with Crippen LogP contribution in [-0.2, 0) is 21.2 Å².